The van der Waals surface area contributed by atoms with Crippen LogP contribution in [0.2, 0.25) is 0 Å². The van der Waals surface area contributed by atoms with Crippen molar-refractivity contribution in [2.45, 2.75) is 20.4 Å². The monoisotopic (exact) mass is 395 g/mol. The molecule has 1 N–H and O–H groups in total. The zero-order valence-electron chi connectivity index (χ0n) is 16.3. The minimum Gasteiger partial charge on any atom is -0.339 e. The van der Waals surface area contributed by atoms with Crippen LogP contribution in [0.5, 0.6) is 0 Å². The Morgan fingerprint density at radius 3 is 2.34 bits per heavy atom. The van der Waals surface area contributed by atoms with Crippen LogP contribution in [-0.4, -0.2) is 34.4 Å². The Balaban J connectivity index is 1.97. The van der Waals surface area contributed by atoms with Crippen molar-refractivity contribution in [2.75, 3.05) is 18.4 Å². The molecule has 3 rings (SSSR count). The van der Waals surface area contributed by atoms with Gasteiger partial charge in [0.25, 0.3) is 11.5 Å². The highest BCUT2D eigenvalue weighted by Crippen LogP contribution is 2.19. The number of carbonyl (C=O) groups is 2. The van der Waals surface area contributed by atoms with E-state index in [4.69, 9.17) is 0 Å². The maximum atomic E-state index is 13.0. The second-order valence-corrected chi connectivity index (χ2v) is 6.53. The van der Waals surface area contributed by atoms with Crippen LogP contribution >= 0.6 is 0 Å². The van der Waals surface area contributed by atoms with Crippen molar-refractivity contribution in [1.82, 2.24) is 9.47 Å². The average molecular weight is 395 g/mol. The SMILES string of the molecule is CCN(CC)C(=O)c1cc(=O)n(CC(=O)Nc2ccc(F)cc2)c2ccccc12. The molecule has 0 fully saturated rings. The van der Waals surface area contributed by atoms with Crippen LogP contribution in [0.15, 0.2) is 59.4 Å². The van der Waals surface area contributed by atoms with E-state index < -0.39 is 17.3 Å². The number of carbonyl (C=O) groups excluding carboxylic acids is 2. The van der Waals surface area contributed by atoms with E-state index in [0.717, 1.165) is 0 Å². The maximum Gasteiger partial charge on any atom is 0.254 e. The fourth-order valence-electron chi connectivity index (χ4n) is 3.23. The van der Waals surface area contributed by atoms with Gasteiger partial charge < -0.3 is 10.2 Å². The van der Waals surface area contributed by atoms with E-state index in [9.17, 15) is 18.8 Å². The number of rotatable bonds is 6. The van der Waals surface area contributed by atoms with E-state index in [1.165, 1.54) is 34.9 Å². The number of fused-ring (bicyclic) bond motifs is 1. The van der Waals surface area contributed by atoms with Crippen LogP contribution in [-0.2, 0) is 11.3 Å². The van der Waals surface area contributed by atoms with E-state index in [1.54, 1.807) is 29.2 Å². The number of nitrogens with zero attached hydrogens (tertiary/aromatic N) is 2. The number of aromatic nitrogens is 1. The van der Waals surface area contributed by atoms with Crippen LogP contribution in [0.4, 0.5) is 10.1 Å². The lowest BCUT2D eigenvalue weighted by atomic mass is 10.1. The van der Waals surface area contributed by atoms with Gasteiger partial charge in [-0.15, -0.1) is 0 Å². The molecule has 0 saturated heterocycles. The summed E-state index contributed by atoms with van der Waals surface area (Å²) in [6.07, 6.45) is 0. The Hall–Kier alpha value is -3.48. The van der Waals surface area contributed by atoms with Gasteiger partial charge in [-0.05, 0) is 44.2 Å². The van der Waals surface area contributed by atoms with Gasteiger partial charge in [0.1, 0.15) is 12.4 Å². The van der Waals surface area contributed by atoms with Gasteiger partial charge in [0, 0.05) is 30.2 Å². The molecule has 1 heterocycles. The molecular weight excluding hydrogens is 373 g/mol. The molecule has 2 amide bonds. The van der Waals surface area contributed by atoms with Gasteiger partial charge in [-0.25, -0.2) is 4.39 Å². The number of anilines is 1. The minimum absolute atomic E-state index is 0.216. The van der Waals surface area contributed by atoms with Gasteiger partial charge in [0.05, 0.1) is 11.1 Å². The maximum absolute atomic E-state index is 13.0. The Bertz CT molecular complexity index is 1100. The summed E-state index contributed by atoms with van der Waals surface area (Å²) in [5, 5.41) is 3.25. The molecule has 150 valence electrons. The molecule has 0 aliphatic heterocycles. The van der Waals surface area contributed by atoms with Crippen molar-refractivity contribution < 1.29 is 14.0 Å². The molecule has 2 aromatic carbocycles. The summed E-state index contributed by atoms with van der Waals surface area (Å²) >= 11 is 0. The van der Waals surface area contributed by atoms with Crippen molar-refractivity contribution in [1.29, 1.82) is 0 Å². The van der Waals surface area contributed by atoms with Gasteiger partial charge in [-0.2, -0.15) is 0 Å². The fraction of sp³-hybridized carbons (Fsp3) is 0.227. The van der Waals surface area contributed by atoms with Crippen LogP contribution < -0.4 is 10.9 Å². The highest BCUT2D eigenvalue weighted by atomic mass is 19.1. The quantitative estimate of drug-likeness (QED) is 0.696. The molecular formula is C22H22FN3O3. The summed E-state index contributed by atoms with van der Waals surface area (Å²) in [6, 6.07) is 13.7. The standard InChI is InChI=1S/C22H22FN3O3/c1-3-25(4-2)22(29)18-13-21(28)26(19-8-6-5-7-17(18)19)14-20(27)24-16-11-9-15(23)10-12-16/h5-13H,3-4,14H2,1-2H3,(H,24,27). The molecule has 0 bridgehead atoms. The van der Waals surface area contributed by atoms with Gasteiger partial charge >= 0.3 is 0 Å². The molecule has 7 heteroatoms. The molecule has 29 heavy (non-hydrogen) atoms. The Morgan fingerprint density at radius 1 is 1.03 bits per heavy atom. The summed E-state index contributed by atoms with van der Waals surface area (Å²) in [7, 11) is 0. The van der Waals surface area contributed by atoms with Crippen LogP contribution in [0.25, 0.3) is 10.9 Å². The van der Waals surface area contributed by atoms with Crippen molar-refractivity contribution in [3.63, 3.8) is 0 Å². The first kappa shape index (κ1) is 20.3. The summed E-state index contributed by atoms with van der Waals surface area (Å²) in [6.45, 7) is 4.60. The van der Waals surface area contributed by atoms with E-state index in [2.05, 4.69) is 5.32 Å². The van der Waals surface area contributed by atoms with Crippen molar-refractivity contribution in [3.05, 3.63) is 76.3 Å². The molecule has 3 aromatic rings. The number of hydrogen-bond acceptors (Lipinski definition) is 3. The summed E-state index contributed by atoms with van der Waals surface area (Å²) in [5.41, 5.74) is 0.824. The molecule has 0 aliphatic rings. The van der Waals surface area contributed by atoms with Crippen molar-refractivity contribution in [2.24, 2.45) is 0 Å². The normalized spacial score (nSPS) is 10.7. The Kier molecular flexibility index (Phi) is 6.07. The zero-order valence-corrected chi connectivity index (χ0v) is 16.3. The lowest BCUT2D eigenvalue weighted by Gasteiger charge is -2.20. The fourth-order valence-corrected chi connectivity index (χ4v) is 3.23. The highest BCUT2D eigenvalue weighted by Gasteiger charge is 2.19. The number of amides is 2. The van der Waals surface area contributed by atoms with E-state index in [1.807, 2.05) is 13.8 Å². The third-order valence-electron chi connectivity index (χ3n) is 4.73. The number of para-hydroxylation sites is 1. The predicted octanol–water partition coefficient (Wildman–Crippen LogP) is 3.26. The van der Waals surface area contributed by atoms with Gasteiger partial charge in [-0.1, -0.05) is 18.2 Å². The number of benzene rings is 2. The number of hydrogen-bond donors (Lipinski definition) is 1. The molecule has 6 nitrogen and oxygen atoms in total. The number of halogens is 1. The molecule has 0 saturated carbocycles. The lowest BCUT2D eigenvalue weighted by molar-refractivity contribution is -0.116. The van der Waals surface area contributed by atoms with Gasteiger partial charge in [-0.3, -0.25) is 19.0 Å². The molecule has 0 atom stereocenters. The van der Waals surface area contributed by atoms with Crippen LogP contribution in [0.1, 0.15) is 24.2 Å². The topological polar surface area (TPSA) is 71.4 Å². The Labute approximate surface area is 167 Å². The highest BCUT2D eigenvalue weighted by molar-refractivity contribution is 6.06. The number of pyridine rings is 1. The minimum atomic E-state index is -0.437. The largest absolute Gasteiger partial charge is 0.339 e. The third kappa shape index (κ3) is 4.34. The van der Waals surface area contributed by atoms with E-state index in [-0.39, 0.29) is 12.5 Å². The predicted molar refractivity (Wildman–Crippen MR) is 110 cm³/mol. The first-order chi connectivity index (χ1) is 13.9. The molecule has 0 aliphatic carbocycles. The molecule has 0 unspecified atom stereocenters. The smallest absolute Gasteiger partial charge is 0.254 e. The average Bonchev–Trinajstić information content (AvgIpc) is 2.72. The first-order valence-electron chi connectivity index (χ1n) is 9.41. The number of nitrogens with one attached hydrogen (secondary N) is 1. The van der Waals surface area contributed by atoms with Crippen LogP contribution in [0, 0.1) is 5.82 Å². The third-order valence-corrected chi connectivity index (χ3v) is 4.73. The zero-order chi connectivity index (χ0) is 21.0. The second kappa shape index (κ2) is 8.68. The van der Waals surface area contributed by atoms with Gasteiger partial charge in [0.2, 0.25) is 5.91 Å². The molecule has 0 radical (unpaired) electrons. The van der Waals surface area contributed by atoms with Crippen molar-refractivity contribution in [3.8, 4) is 0 Å². The second-order valence-electron chi connectivity index (χ2n) is 6.53. The molecule has 1 aromatic heterocycles. The van der Waals surface area contributed by atoms with Gasteiger partial charge in [0.15, 0.2) is 0 Å². The molecule has 0 spiro atoms. The van der Waals surface area contributed by atoms with Crippen LogP contribution in [0.3, 0.4) is 0 Å². The van der Waals surface area contributed by atoms with Crippen molar-refractivity contribution >= 4 is 28.4 Å². The lowest BCUT2D eigenvalue weighted by Crippen LogP contribution is -2.33. The van der Waals surface area contributed by atoms with E-state index in [0.29, 0.717) is 35.2 Å². The summed E-state index contributed by atoms with van der Waals surface area (Å²) in [4.78, 5) is 39.7. The summed E-state index contributed by atoms with van der Waals surface area (Å²) in [5.74, 6) is -1.04. The van der Waals surface area contributed by atoms with E-state index >= 15 is 0 Å². The first-order valence-corrected chi connectivity index (χ1v) is 9.41. The summed E-state index contributed by atoms with van der Waals surface area (Å²) < 4.78 is 14.3. The Morgan fingerprint density at radius 2 is 1.69 bits per heavy atom.